The zero-order valence-corrected chi connectivity index (χ0v) is 10.2. The smallest absolute Gasteiger partial charge is 0.0674 e. The molecular formula is C12H12ClNOS. The van der Waals surface area contributed by atoms with Crippen LogP contribution in [0, 0.1) is 0 Å². The van der Waals surface area contributed by atoms with E-state index >= 15 is 0 Å². The van der Waals surface area contributed by atoms with Gasteiger partial charge in [-0.25, -0.2) is 0 Å². The monoisotopic (exact) mass is 253 g/mol. The minimum atomic E-state index is 0.0803. The lowest BCUT2D eigenvalue weighted by atomic mass is 10.0. The molecule has 0 amide bonds. The maximum Gasteiger partial charge on any atom is 0.0674 e. The van der Waals surface area contributed by atoms with Crippen LogP contribution in [0.1, 0.15) is 5.56 Å². The van der Waals surface area contributed by atoms with Gasteiger partial charge >= 0.3 is 0 Å². The van der Waals surface area contributed by atoms with Gasteiger partial charge in [-0.2, -0.15) is 11.3 Å². The minimum Gasteiger partial charge on any atom is -0.397 e. The molecule has 16 heavy (non-hydrogen) atoms. The molecule has 2 aromatic rings. The zero-order valence-electron chi connectivity index (χ0n) is 8.61. The average molecular weight is 254 g/mol. The number of halogens is 1. The number of thiophene rings is 1. The van der Waals surface area contributed by atoms with Crippen molar-refractivity contribution in [3.05, 3.63) is 39.5 Å². The number of nitrogen functional groups attached to an aromatic ring is 1. The molecule has 1 aromatic carbocycles. The molecule has 0 spiro atoms. The lowest BCUT2D eigenvalue weighted by molar-refractivity contribution is 0.299. The van der Waals surface area contributed by atoms with Crippen LogP contribution in [0.4, 0.5) is 5.69 Å². The van der Waals surface area contributed by atoms with E-state index in [1.165, 1.54) is 0 Å². The van der Waals surface area contributed by atoms with E-state index in [4.69, 9.17) is 22.4 Å². The van der Waals surface area contributed by atoms with Crippen molar-refractivity contribution in [3.8, 4) is 11.1 Å². The Morgan fingerprint density at radius 1 is 1.31 bits per heavy atom. The first-order valence-corrected chi connectivity index (χ1v) is 6.26. The van der Waals surface area contributed by atoms with Gasteiger partial charge in [-0.3, -0.25) is 0 Å². The first kappa shape index (κ1) is 11.5. The lowest BCUT2D eigenvalue weighted by Crippen LogP contribution is -1.97. The second-order valence-corrected chi connectivity index (χ2v) is 4.64. The molecule has 0 bridgehead atoms. The first-order valence-electron chi connectivity index (χ1n) is 4.94. The molecule has 3 N–H and O–H groups in total. The van der Waals surface area contributed by atoms with Crippen molar-refractivity contribution < 1.29 is 5.11 Å². The van der Waals surface area contributed by atoms with Gasteiger partial charge in [0, 0.05) is 12.2 Å². The molecule has 0 aliphatic heterocycles. The molecule has 1 heterocycles. The van der Waals surface area contributed by atoms with E-state index in [1.54, 1.807) is 11.3 Å². The average Bonchev–Trinajstić information content (AvgIpc) is 2.79. The Balaban J connectivity index is 2.47. The van der Waals surface area contributed by atoms with E-state index in [2.05, 4.69) is 0 Å². The van der Waals surface area contributed by atoms with Gasteiger partial charge in [0.15, 0.2) is 0 Å². The van der Waals surface area contributed by atoms with Crippen LogP contribution in [0.3, 0.4) is 0 Å². The van der Waals surface area contributed by atoms with Gasteiger partial charge in [0.25, 0.3) is 0 Å². The molecule has 4 heteroatoms. The summed E-state index contributed by atoms with van der Waals surface area (Å²) in [5.74, 6) is 0. The third-order valence-corrected chi connectivity index (χ3v) is 3.60. The highest BCUT2D eigenvalue weighted by molar-refractivity contribution is 7.08. The molecule has 2 rings (SSSR count). The quantitative estimate of drug-likeness (QED) is 0.826. The van der Waals surface area contributed by atoms with Crippen LogP contribution in [0.15, 0.2) is 29.0 Å². The maximum absolute atomic E-state index is 8.89. The summed E-state index contributed by atoms with van der Waals surface area (Å²) in [4.78, 5) is 0. The van der Waals surface area contributed by atoms with Crippen molar-refractivity contribution in [1.29, 1.82) is 0 Å². The molecule has 0 fully saturated rings. The van der Waals surface area contributed by atoms with Crippen molar-refractivity contribution >= 4 is 28.6 Å². The van der Waals surface area contributed by atoms with Crippen LogP contribution in [0.5, 0.6) is 0 Å². The molecule has 1 aromatic heterocycles. The molecule has 0 aliphatic rings. The minimum absolute atomic E-state index is 0.0803. The van der Waals surface area contributed by atoms with Crippen LogP contribution in [-0.2, 0) is 6.42 Å². The number of nitrogens with two attached hydrogens (primary N) is 1. The Labute approximate surface area is 103 Å². The van der Waals surface area contributed by atoms with E-state index in [0.717, 1.165) is 16.7 Å². The number of benzene rings is 1. The molecule has 84 valence electrons. The van der Waals surface area contributed by atoms with Gasteiger partial charge in [-0.1, -0.05) is 23.7 Å². The van der Waals surface area contributed by atoms with Gasteiger partial charge in [-0.05, 0) is 34.4 Å². The lowest BCUT2D eigenvalue weighted by Gasteiger charge is -2.10. The van der Waals surface area contributed by atoms with Crippen LogP contribution < -0.4 is 5.73 Å². The van der Waals surface area contributed by atoms with Crippen LogP contribution in [0.25, 0.3) is 11.1 Å². The highest BCUT2D eigenvalue weighted by Gasteiger charge is 2.10. The summed E-state index contributed by atoms with van der Waals surface area (Å²) in [6.07, 6.45) is 0.535. The highest BCUT2D eigenvalue weighted by atomic mass is 35.5. The third-order valence-electron chi connectivity index (χ3n) is 2.47. The van der Waals surface area contributed by atoms with Gasteiger partial charge in [0.1, 0.15) is 0 Å². The van der Waals surface area contributed by atoms with E-state index in [-0.39, 0.29) is 6.61 Å². The van der Waals surface area contributed by atoms with E-state index in [0.29, 0.717) is 17.1 Å². The summed E-state index contributed by atoms with van der Waals surface area (Å²) >= 11 is 7.79. The molecule has 0 aliphatic carbocycles. The van der Waals surface area contributed by atoms with E-state index in [1.807, 2.05) is 29.0 Å². The summed E-state index contributed by atoms with van der Waals surface area (Å²) in [6, 6.07) is 5.88. The molecule has 0 saturated heterocycles. The zero-order chi connectivity index (χ0) is 11.5. The Morgan fingerprint density at radius 2 is 2.12 bits per heavy atom. The number of aliphatic hydroxyl groups is 1. The Morgan fingerprint density at radius 3 is 2.75 bits per heavy atom. The fraction of sp³-hybridized carbons (Fsp3) is 0.167. The predicted octanol–water partition coefficient (Wildman–Crippen LogP) is 3.19. The summed E-state index contributed by atoms with van der Waals surface area (Å²) in [5, 5.41) is 13.5. The molecule has 0 atom stereocenters. The van der Waals surface area contributed by atoms with Crippen LogP contribution in [-0.4, -0.2) is 11.7 Å². The first-order chi connectivity index (χ1) is 7.74. The molecule has 0 radical (unpaired) electrons. The summed E-state index contributed by atoms with van der Waals surface area (Å²) in [5.41, 5.74) is 9.51. The van der Waals surface area contributed by atoms with Crippen molar-refractivity contribution in [2.75, 3.05) is 12.3 Å². The fourth-order valence-electron chi connectivity index (χ4n) is 1.62. The summed E-state index contributed by atoms with van der Waals surface area (Å²) < 4.78 is 0. The van der Waals surface area contributed by atoms with Gasteiger partial charge in [-0.15, -0.1) is 0 Å². The molecule has 2 nitrogen and oxygen atoms in total. The van der Waals surface area contributed by atoms with E-state index in [9.17, 15) is 0 Å². The van der Waals surface area contributed by atoms with Crippen molar-refractivity contribution in [3.63, 3.8) is 0 Å². The van der Waals surface area contributed by atoms with Crippen LogP contribution in [0.2, 0.25) is 5.02 Å². The number of hydrogen-bond donors (Lipinski definition) is 2. The van der Waals surface area contributed by atoms with Crippen molar-refractivity contribution in [2.24, 2.45) is 0 Å². The van der Waals surface area contributed by atoms with Gasteiger partial charge in [0.2, 0.25) is 0 Å². The topological polar surface area (TPSA) is 46.2 Å². The normalized spacial score (nSPS) is 10.6. The van der Waals surface area contributed by atoms with Gasteiger partial charge in [0.05, 0.1) is 10.7 Å². The SMILES string of the molecule is Nc1c(-c2ccsc2)ccc(CCO)c1Cl. The highest BCUT2D eigenvalue weighted by Crippen LogP contribution is 2.35. The summed E-state index contributed by atoms with van der Waals surface area (Å²) in [6.45, 7) is 0.0803. The predicted molar refractivity (Wildman–Crippen MR) is 70.0 cm³/mol. The fourth-order valence-corrected chi connectivity index (χ4v) is 2.54. The molecular weight excluding hydrogens is 242 g/mol. The summed E-state index contributed by atoms with van der Waals surface area (Å²) in [7, 11) is 0. The second kappa shape index (κ2) is 4.87. The molecule has 0 unspecified atom stereocenters. The Kier molecular flexibility index (Phi) is 3.49. The largest absolute Gasteiger partial charge is 0.397 e. The Bertz CT molecular complexity index is 482. The third kappa shape index (κ3) is 2.07. The van der Waals surface area contributed by atoms with Gasteiger partial charge < -0.3 is 10.8 Å². The van der Waals surface area contributed by atoms with Crippen molar-refractivity contribution in [1.82, 2.24) is 0 Å². The van der Waals surface area contributed by atoms with Crippen molar-refractivity contribution in [2.45, 2.75) is 6.42 Å². The second-order valence-electron chi connectivity index (χ2n) is 3.49. The number of hydrogen-bond acceptors (Lipinski definition) is 3. The standard InChI is InChI=1S/C12H12ClNOS/c13-11-8(3-5-15)1-2-10(12(11)14)9-4-6-16-7-9/h1-2,4,6-7,15H,3,5,14H2. The van der Waals surface area contributed by atoms with Crippen LogP contribution >= 0.6 is 22.9 Å². The number of rotatable bonds is 3. The van der Waals surface area contributed by atoms with E-state index < -0.39 is 0 Å². The molecule has 0 saturated carbocycles. The Hall–Kier alpha value is -1.03. The number of aliphatic hydroxyl groups excluding tert-OH is 1. The maximum atomic E-state index is 8.89. The number of anilines is 1.